The van der Waals surface area contributed by atoms with Crippen LogP contribution < -0.4 is 5.32 Å². The molecular weight excluding hydrogens is 322 g/mol. The number of amides is 1. The number of aromatic nitrogens is 2. The molecule has 0 saturated carbocycles. The van der Waals surface area contributed by atoms with Crippen molar-refractivity contribution in [3.63, 3.8) is 0 Å². The first-order valence-corrected chi connectivity index (χ1v) is 8.62. The number of anilines is 1. The molecule has 1 N–H and O–H groups in total. The van der Waals surface area contributed by atoms with Gasteiger partial charge in [0.15, 0.2) is 0 Å². The van der Waals surface area contributed by atoms with Gasteiger partial charge in [0, 0.05) is 28.8 Å². The molecule has 0 saturated heterocycles. The molecule has 4 rings (SSSR count). The van der Waals surface area contributed by atoms with Gasteiger partial charge in [0.25, 0.3) is 0 Å². The average Bonchev–Trinajstić information content (AvgIpc) is 3.21. The summed E-state index contributed by atoms with van der Waals surface area (Å²) in [5, 5.41) is 10.8. The van der Waals surface area contributed by atoms with Crippen LogP contribution in [0.5, 0.6) is 0 Å². The molecule has 0 spiro atoms. The van der Waals surface area contributed by atoms with E-state index in [2.05, 4.69) is 21.6 Å². The topological polar surface area (TPSA) is 68.0 Å². The molecule has 0 radical (unpaired) electrons. The lowest BCUT2D eigenvalue weighted by atomic mass is 10.0. The number of carbonyl (C=O) groups excluding carboxylic acids is 1. The van der Waals surface area contributed by atoms with Crippen LogP contribution in [0.3, 0.4) is 0 Å². The number of rotatable bonds is 3. The van der Waals surface area contributed by atoms with Gasteiger partial charge in [-0.3, -0.25) is 4.79 Å². The molecule has 120 valence electrons. The van der Waals surface area contributed by atoms with E-state index in [4.69, 9.17) is 4.42 Å². The van der Waals surface area contributed by atoms with Crippen molar-refractivity contribution in [2.24, 2.45) is 0 Å². The number of carbonyl (C=O) groups is 1. The SMILES string of the molecule is Cc1nnc(-c2cccc(NC(=O)C3CSc4ccccc43)c2)o1. The zero-order valence-electron chi connectivity index (χ0n) is 13.0. The van der Waals surface area contributed by atoms with E-state index in [-0.39, 0.29) is 11.8 Å². The lowest BCUT2D eigenvalue weighted by Crippen LogP contribution is -2.21. The summed E-state index contributed by atoms with van der Waals surface area (Å²) in [6.07, 6.45) is 0. The normalized spacial score (nSPS) is 16.0. The summed E-state index contributed by atoms with van der Waals surface area (Å²) in [5.41, 5.74) is 2.61. The Hall–Kier alpha value is -2.60. The molecule has 2 aromatic carbocycles. The molecule has 0 bridgehead atoms. The van der Waals surface area contributed by atoms with Crippen LogP contribution in [0.1, 0.15) is 17.4 Å². The van der Waals surface area contributed by atoms with Crippen molar-refractivity contribution in [1.82, 2.24) is 10.2 Å². The van der Waals surface area contributed by atoms with Crippen LogP contribution in [0.4, 0.5) is 5.69 Å². The highest BCUT2D eigenvalue weighted by Crippen LogP contribution is 2.39. The molecule has 5 nitrogen and oxygen atoms in total. The Morgan fingerprint density at radius 2 is 2.08 bits per heavy atom. The lowest BCUT2D eigenvalue weighted by molar-refractivity contribution is -0.117. The third-order valence-electron chi connectivity index (χ3n) is 3.92. The quantitative estimate of drug-likeness (QED) is 0.786. The van der Waals surface area contributed by atoms with Crippen LogP contribution in [-0.4, -0.2) is 21.9 Å². The van der Waals surface area contributed by atoms with Gasteiger partial charge in [0.05, 0.1) is 5.92 Å². The van der Waals surface area contributed by atoms with Gasteiger partial charge >= 0.3 is 0 Å². The summed E-state index contributed by atoms with van der Waals surface area (Å²) in [6, 6.07) is 15.5. The summed E-state index contributed by atoms with van der Waals surface area (Å²) in [5.74, 6) is 1.62. The Labute approximate surface area is 143 Å². The average molecular weight is 337 g/mol. The highest BCUT2D eigenvalue weighted by atomic mass is 32.2. The Balaban J connectivity index is 1.55. The van der Waals surface area contributed by atoms with E-state index < -0.39 is 0 Å². The van der Waals surface area contributed by atoms with E-state index in [1.165, 1.54) is 4.90 Å². The Bertz CT molecular complexity index is 907. The van der Waals surface area contributed by atoms with Crippen molar-refractivity contribution in [2.45, 2.75) is 17.7 Å². The monoisotopic (exact) mass is 337 g/mol. The lowest BCUT2D eigenvalue weighted by Gasteiger charge is -2.12. The molecule has 1 aromatic heterocycles. The second kappa shape index (κ2) is 6.13. The molecule has 2 heterocycles. The van der Waals surface area contributed by atoms with Gasteiger partial charge in [0.1, 0.15) is 0 Å². The minimum absolute atomic E-state index is 0.00584. The van der Waals surface area contributed by atoms with Crippen LogP contribution in [0, 0.1) is 6.92 Å². The fourth-order valence-corrected chi connectivity index (χ4v) is 3.98. The molecule has 1 atom stereocenters. The summed E-state index contributed by atoms with van der Waals surface area (Å²) in [7, 11) is 0. The van der Waals surface area contributed by atoms with Crippen molar-refractivity contribution >= 4 is 23.4 Å². The van der Waals surface area contributed by atoms with Crippen molar-refractivity contribution in [3.05, 3.63) is 60.0 Å². The van der Waals surface area contributed by atoms with Crippen molar-refractivity contribution in [3.8, 4) is 11.5 Å². The standard InChI is InChI=1S/C18H15N3O2S/c1-11-20-21-18(23-11)12-5-4-6-13(9-12)19-17(22)15-10-24-16-8-3-2-7-14(15)16/h2-9,15H,10H2,1H3,(H,19,22). The zero-order chi connectivity index (χ0) is 16.5. The molecule has 6 heteroatoms. The first-order chi connectivity index (χ1) is 11.7. The van der Waals surface area contributed by atoms with Gasteiger partial charge in [-0.1, -0.05) is 24.3 Å². The van der Waals surface area contributed by atoms with E-state index in [0.29, 0.717) is 11.8 Å². The molecule has 0 fully saturated rings. The van der Waals surface area contributed by atoms with E-state index in [0.717, 1.165) is 22.6 Å². The maximum atomic E-state index is 12.7. The first kappa shape index (κ1) is 15.0. The minimum atomic E-state index is -0.125. The molecule has 0 aliphatic carbocycles. The van der Waals surface area contributed by atoms with Crippen molar-refractivity contribution in [1.29, 1.82) is 0 Å². The van der Waals surface area contributed by atoms with Gasteiger partial charge < -0.3 is 9.73 Å². The number of thioether (sulfide) groups is 1. The van der Waals surface area contributed by atoms with E-state index in [1.807, 2.05) is 42.5 Å². The number of benzene rings is 2. The molecule has 1 unspecified atom stereocenters. The number of hydrogen-bond acceptors (Lipinski definition) is 5. The number of nitrogens with one attached hydrogen (secondary N) is 1. The summed E-state index contributed by atoms with van der Waals surface area (Å²) < 4.78 is 5.44. The van der Waals surface area contributed by atoms with Crippen LogP contribution >= 0.6 is 11.8 Å². The van der Waals surface area contributed by atoms with Gasteiger partial charge in [-0.25, -0.2) is 0 Å². The maximum absolute atomic E-state index is 12.7. The fourth-order valence-electron chi connectivity index (χ4n) is 2.75. The molecular formula is C18H15N3O2S. The van der Waals surface area contributed by atoms with Crippen LogP contribution in [0.15, 0.2) is 57.8 Å². The van der Waals surface area contributed by atoms with E-state index in [1.54, 1.807) is 18.7 Å². The first-order valence-electron chi connectivity index (χ1n) is 7.64. The molecule has 3 aromatic rings. The molecule has 1 aliphatic heterocycles. The highest BCUT2D eigenvalue weighted by Gasteiger charge is 2.29. The minimum Gasteiger partial charge on any atom is -0.421 e. The third kappa shape index (κ3) is 2.80. The Kier molecular flexibility index (Phi) is 3.82. The largest absolute Gasteiger partial charge is 0.421 e. The smallest absolute Gasteiger partial charge is 0.247 e. The van der Waals surface area contributed by atoms with Crippen molar-refractivity contribution < 1.29 is 9.21 Å². The molecule has 24 heavy (non-hydrogen) atoms. The Morgan fingerprint density at radius 3 is 2.92 bits per heavy atom. The van der Waals surface area contributed by atoms with Gasteiger partial charge in [-0.15, -0.1) is 22.0 Å². The highest BCUT2D eigenvalue weighted by molar-refractivity contribution is 7.99. The molecule has 1 aliphatic rings. The predicted molar refractivity (Wildman–Crippen MR) is 93.0 cm³/mol. The van der Waals surface area contributed by atoms with Crippen LogP contribution in [0.25, 0.3) is 11.5 Å². The second-order valence-corrected chi connectivity index (χ2v) is 6.66. The predicted octanol–water partition coefficient (Wildman–Crippen LogP) is 3.87. The van der Waals surface area contributed by atoms with Gasteiger partial charge in [0.2, 0.25) is 17.7 Å². The number of hydrogen-bond donors (Lipinski definition) is 1. The fraction of sp³-hybridized carbons (Fsp3) is 0.167. The second-order valence-electron chi connectivity index (χ2n) is 5.60. The van der Waals surface area contributed by atoms with E-state index in [9.17, 15) is 4.79 Å². The molecule has 1 amide bonds. The summed E-state index contributed by atoms with van der Waals surface area (Å²) in [6.45, 7) is 1.75. The van der Waals surface area contributed by atoms with Crippen LogP contribution in [0.2, 0.25) is 0 Å². The third-order valence-corrected chi connectivity index (χ3v) is 5.10. The van der Waals surface area contributed by atoms with Crippen molar-refractivity contribution in [2.75, 3.05) is 11.1 Å². The van der Waals surface area contributed by atoms with Gasteiger partial charge in [-0.2, -0.15) is 0 Å². The van der Waals surface area contributed by atoms with Gasteiger partial charge in [-0.05, 0) is 29.8 Å². The summed E-state index contributed by atoms with van der Waals surface area (Å²) >= 11 is 1.72. The maximum Gasteiger partial charge on any atom is 0.247 e. The number of aryl methyl sites for hydroxylation is 1. The summed E-state index contributed by atoms with van der Waals surface area (Å²) in [4.78, 5) is 13.8. The number of nitrogens with zero attached hydrogens (tertiary/aromatic N) is 2. The zero-order valence-corrected chi connectivity index (χ0v) is 13.8. The Morgan fingerprint density at radius 1 is 1.21 bits per heavy atom. The van der Waals surface area contributed by atoms with Crippen LogP contribution in [-0.2, 0) is 4.79 Å². The van der Waals surface area contributed by atoms with E-state index >= 15 is 0 Å². The number of fused-ring (bicyclic) bond motifs is 1.